The molecular weight excluding hydrogens is 775 g/mol. The number of fused-ring (bicyclic) bond motifs is 10. The van der Waals surface area contributed by atoms with Gasteiger partial charge < -0.3 is 19.6 Å². The van der Waals surface area contributed by atoms with Gasteiger partial charge in [0.25, 0.3) is 0 Å². The third kappa shape index (κ3) is 7.67. The zero-order chi connectivity index (χ0) is 44.6. The van der Waals surface area contributed by atoms with Crippen LogP contribution in [0, 0.1) is 62.3 Å². The quantitative estimate of drug-likeness (QED) is 0.177. The van der Waals surface area contributed by atoms with Crippen molar-refractivity contribution >= 4 is 22.7 Å². The number of aryl methyl sites for hydroxylation is 9. The van der Waals surface area contributed by atoms with Crippen LogP contribution in [0.15, 0.2) is 66.7 Å². The largest absolute Gasteiger partial charge is 0.351 e. The Morgan fingerprint density at radius 2 is 1.03 bits per heavy atom. The van der Waals surface area contributed by atoms with Gasteiger partial charge in [-0.15, -0.1) is 0 Å². The number of hydrogen-bond donors (Lipinski definition) is 0. The van der Waals surface area contributed by atoms with Crippen molar-refractivity contribution in [3.63, 3.8) is 0 Å². The number of benzene rings is 2. The van der Waals surface area contributed by atoms with Gasteiger partial charge in [-0.2, -0.15) is 0 Å². The SMILES string of the molecule is Cc1cc(C)c(N2C3CCC(C3)N(C)C2C)c(C)n1.Cc1cc(C)c(N2C3CN(Cc4ccccc43)C2C)c(C)n1.Cc1cc(C)c(N2C3Cc4ccccc4N(C3)C2C)c(C)n1. The summed E-state index contributed by atoms with van der Waals surface area (Å²) in [4.78, 5) is 29.6. The molecule has 6 bridgehead atoms. The van der Waals surface area contributed by atoms with Crippen molar-refractivity contribution in [2.75, 3.05) is 39.7 Å². The van der Waals surface area contributed by atoms with Crippen LogP contribution in [0.2, 0.25) is 0 Å². The van der Waals surface area contributed by atoms with E-state index < -0.39 is 0 Å². The minimum atomic E-state index is 0.385. The summed E-state index contributed by atoms with van der Waals surface area (Å²) >= 11 is 0. The van der Waals surface area contributed by atoms with Crippen LogP contribution in [0.3, 0.4) is 0 Å². The predicted molar refractivity (Wildman–Crippen MR) is 261 cm³/mol. The molecule has 1 aliphatic carbocycles. The lowest BCUT2D eigenvalue weighted by Crippen LogP contribution is -2.56. The summed E-state index contributed by atoms with van der Waals surface area (Å²) in [7, 11) is 2.27. The molecule has 3 aromatic heterocycles. The molecule has 3 saturated heterocycles. The Labute approximate surface area is 378 Å². The molecular formula is C54H71N9. The van der Waals surface area contributed by atoms with E-state index in [0.717, 1.165) is 60.6 Å². The van der Waals surface area contributed by atoms with Crippen molar-refractivity contribution in [3.05, 3.63) is 134 Å². The van der Waals surface area contributed by atoms with Crippen LogP contribution in [0.1, 0.15) is 114 Å². The Hall–Kier alpha value is -4.99. The molecule has 8 heterocycles. The van der Waals surface area contributed by atoms with E-state index in [-0.39, 0.29) is 0 Å². The van der Waals surface area contributed by atoms with Gasteiger partial charge in [-0.1, -0.05) is 42.5 Å². The Kier molecular flexibility index (Phi) is 11.6. The maximum Gasteiger partial charge on any atom is 0.0992 e. The third-order valence-electron chi connectivity index (χ3n) is 15.4. The molecule has 63 heavy (non-hydrogen) atoms. The minimum Gasteiger partial charge on any atom is -0.351 e. The monoisotopic (exact) mass is 846 g/mol. The summed E-state index contributed by atoms with van der Waals surface area (Å²) < 4.78 is 0. The second kappa shape index (κ2) is 16.9. The van der Waals surface area contributed by atoms with Crippen molar-refractivity contribution in [3.8, 4) is 0 Å². The average Bonchev–Trinajstić information content (AvgIpc) is 3.86. The molecule has 1 saturated carbocycles. The van der Waals surface area contributed by atoms with Crippen LogP contribution in [-0.4, -0.2) is 81.5 Å². The fourth-order valence-electron chi connectivity index (χ4n) is 12.8. The van der Waals surface area contributed by atoms with Crippen LogP contribution in [0.5, 0.6) is 0 Å². The Bertz CT molecular complexity index is 2440. The molecule has 6 aliphatic rings. The number of pyridine rings is 3. The molecule has 5 aromatic rings. The van der Waals surface area contributed by atoms with E-state index >= 15 is 0 Å². The summed E-state index contributed by atoms with van der Waals surface area (Å²) in [5.74, 6) is 0. The van der Waals surface area contributed by atoms with Crippen molar-refractivity contribution in [1.29, 1.82) is 0 Å². The smallest absolute Gasteiger partial charge is 0.0992 e. The summed E-state index contributed by atoms with van der Waals surface area (Å²) in [6.45, 7) is 29.6. The van der Waals surface area contributed by atoms with E-state index in [1.807, 2.05) is 0 Å². The number of anilines is 4. The highest BCUT2D eigenvalue weighted by Crippen LogP contribution is 2.45. The summed E-state index contributed by atoms with van der Waals surface area (Å²) in [6.07, 6.45) is 6.39. The molecule has 11 rings (SSSR count). The first-order valence-electron chi connectivity index (χ1n) is 23.7. The maximum atomic E-state index is 4.72. The van der Waals surface area contributed by atoms with E-state index in [2.05, 4.69) is 186 Å². The number of aromatic nitrogens is 3. The lowest BCUT2D eigenvalue weighted by molar-refractivity contribution is 0.149. The Balaban J connectivity index is 0.000000120. The molecule has 9 nitrogen and oxygen atoms in total. The van der Waals surface area contributed by atoms with Gasteiger partial charge in [0.15, 0.2) is 0 Å². The van der Waals surface area contributed by atoms with Gasteiger partial charge in [-0.25, -0.2) is 0 Å². The van der Waals surface area contributed by atoms with Gasteiger partial charge in [0, 0.05) is 54.5 Å². The highest BCUT2D eigenvalue weighted by Gasteiger charge is 2.45. The van der Waals surface area contributed by atoms with Crippen LogP contribution in [-0.2, 0) is 13.0 Å². The second-order valence-corrected chi connectivity index (χ2v) is 19.7. The number of nitrogens with zero attached hydrogens (tertiary/aromatic N) is 9. The molecule has 8 unspecified atom stereocenters. The van der Waals surface area contributed by atoms with Gasteiger partial charge in [-0.05, 0) is 173 Å². The summed E-state index contributed by atoms with van der Waals surface area (Å²) in [5, 5.41) is 0. The molecule has 9 heteroatoms. The zero-order valence-electron chi connectivity index (χ0n) is 40.4. The van der Waals surface area contributed by atoms with Crippen molar-refractivity contribution in [1.82, 2.24) is 24.8 Å². The van der Waals surface area contributed by atoms with Gasteiger partial charge >= 0.3 is 0 Å². The summed E-state index contributed by atoms with van der Waals surface area (Å²) in [6, 6.07) is 26.9. The van der Waals surface area contributed by atoms with Gasteiger partial charge in [0.05, 0.1) is 64.7 Å². The first-order chi connectivity index (χ1) is 30.1. The minimum absolute atomic E-state index is 0.385. The first-order valence-corrected chi connectivity index (χ1v) is 23.7. The normalized spacial score (nSPS) is 26.5. The molecule has 0 amide bonds. The van der Waals surface area contributed by atoms with E-state index in [4.69, 9.17) is 15.0 Å². The number of para-hydroxylation sites is 1. The second-order valence-electron chi connectivity index (χ2n) is 19.7. The van der Waals surface area contributed by atoms with Gasteiger partial charge in [0.2, 0.25) is 0 Å². The molecule has 332 valence electrons. The topological polar surface area (TPSA) is 58.1 Å². The average molecular weight is 846 g/mol. The zero-order valence-corrected chi connectivity index (χ0v) is 40.4. The highest BCUT2D eigenvalue weighted by molar-refractivity contribution is 5.68. The van der Waals surface area contributed by atoms with Crippen LogP contribution in [0.25, 0.3) is 0 Å². The van der Waals surface area contributed by atoms with Crippen molar-refractivity contribution < 1.29 is 0 Å². The standard InChI is InChI=1S/2C19H23N3.C16H25N3/c1-12-9-13(2)20-14(3)19(12)22-15(4)21-11-17(22)10-16-7-5-6-8-18(16)21;1-12-9-13(2)20-14(3)19(12)22-15(4)21-10-16-7-5-6-8-17(16)18(22)11-21;1-10-8-11(2)17-12(3)16(10)19-13(4)18(5)14-6-7-15(19)9-14/h5-9,15,17H,10-11H2,1-4H3;5-9,15,18H,10-11H2,1-4H3;8,13-15H,6-7,9H2,1-5H3. The molecule has 4 fully saturated rings. The fraction of sp³-hybridized carbons (Fsp3) is 0.500. The van der Waals surface area contributed by atoms with E-state index in [0.29, 0.717) is 36.6 Å². The van der Waals surface area contributed by atoms with Gasteiger partial charge in [-0.3, -0.25) is 24.8 Å². The van der Waals surface area contributed by atoms with Crippen LogP contribution in [0.4, 0.5) is 22.7 Å². The molecule has 0 spiro atoms. The van der Waals surface area contributed by atoms with E-state index in [1.165, 1.54) is 81.1 Å². The predicted octanol–water partition coefficient (Wildman–Crippen LogP) is 10.4. The molecule has 5 aliphatic heterocycles. The van der Waals surface area contributed by atoms with Crippen LogP contribution < -0.4 is 19.6 Å². The van der Waals surface area contributed by atoms with E-state index in [9.17, 15) is 0 Å². The maximum absolute atomic E-state index is 4.72. The molecule has 0 radical (unpaired) electrons. The Morgan fingerprint density at radius 1 is 0.524 bits per heavy atom. The third-order valence-corrected chi connectivity index (χ3v) is 15.4. The van der Waals surface area contributed by atoms with Crippen molar-refractivity contribution in [2.45, 2.75) is 158 Å². The van der Waals surface area contributed by atoms with Gasteiger partial charge in [0.1, 0.15) is 0 Å². The fourth-order valence-corrected chi connectivity index (χ4v) is 12.8. The number of hydrogen-bond acceptors (Lipinski definition) is 9. The lowest BCUT2D eigenvalue weighted by Gasteiger charge is -2.47. The lowest BCUT2D eigenvalue weighted by atomic mass is 9.96. The molecule has 2 aromatic carbocycles. The van der Waals surface area contributed by atoms with Crippen molar-refractivity contribution in [2.24, 2.45) is 0 Å². The highest BCUT2D eigenvalue weighted by atomic mass is 15.5. The van der Waals surface area contributed by atoms with E-state index in [1.54, 1.807) is 0 Å². The summed E-state index contributed by atoms with van der Waals surface area (Å²) in [5.41, 5.74) is 20.7. The molecule has 0 N–H and O–H groups in total. The van der Waals surface area contributed by atoms with Crippen LogP contribution >= 0.6 is 0 Å². The first kappa shape index (κ1) is 43.3. The Morgan fingerprint density at radius 3 is 1.62 bits per heavy atom. The number of rotatable bonds is 3. The molecule has 8 atom stereocenters.